The monoisotopic (exact) mass is 382 g/mol. The van der Waals surface area contributed by atoms with Crippen LogP contribution in [0.2, 0.25) is 0 Å². The molecule has 1 aliphatic heterocycles. The Morgan fingerprint density at radius 3 is 2.22 bits per heavy atom. The molecule has 0 amide bonds. The second-order valence-electron chi connectivity index (χ2n) is 5.77. The zero-order chi connectivity index (χ0) is 16.5. The Morgan fingerprint density at radius 1 is 0.913 bits per heavy atom. The lowest BCUT2D eigenvalue weighted by Crippen LogP contribution is -2.22. The van der Waals surface area contributed by atoms with Gasteiger partial charge in [0.1, 0.15) is 6.10 Å². The molecule has 23 heavy (non-hydrogen) atoms. The number of alkyl halides is 1. The summed E-state index contributed by atoms with van der Waals surface area (Å²) in [7, 11) is 0. The SMILES string of the molecule is O=C1OCCCCCCCCC(CBr)OC(=O)c2ccccc21. The van der Waals surface area contributed by atoms with Crippen molar-refractivity contribution in [2.75, 3.05) is 11.9 Å². The standard InChI is InChI=1S/C18H23BrO4/c19-13-14-9-5-3-1-2-4-8-12-22-17(20)15-10-6-7-11-16(15)18(21)23-14/h6-7,10-11,14H,1-5,8-9,12-13H2. The van der Waals surface area contributed by atoms with Gasteiger partial charge in [-0.2, -0.15) is 0 Å². The highest BCUT2D eigenvalue weighted by Crippen LogP contribution is 2.18. The summed E-state index contributed by atoms with van der Waals surface area (Å²) >= 11 is 3.40. The molecule has 1 aliphatic rings. The van der Waals surface area contributed by atoms with Gasteiger partial charge in [-0.15, -0.1) is 0 Å². The van der Waals surface area contributed by atoms with Gasteiger partial charge < -0.3 is 9.47 Å². The highest BCUT2D eigenvalue weighted by molar-refractivity contribution is 9.09. The van der Waals surface area contributed by atoms with Crippen LogP contribution in [0.1, 0.15) is 65.7 Å². The number of cyclic esters (lactones) is 2. The molecule has 0 radical (unpaired) electrons. The maximum Gasteiger partial charge on any atom is 0.339 e. The summed E-state index contributed by atoms with van der Waals surface area (Å²) in [5.41, 5.74) is 0.555. The van der Waals surface area contributed by atoms with Crippen LogP contribution in [0.15, 0.2) is 24.3 Å². The maximum atomic E-state index is 12.4. The van der Waals surface area contributed by atoms with Gasteiger partial charge in [-0.1, -0.05) is 53.7 Å². The molecular weight excluding hydrogens is 360 g/mol. The Kier molecular flexibility index (Phi) is 7.59. The average Bonchev–Trinajstić information content (AvgIpc) is 2.58. The fourth-order valence-corrected chi connectivity index (χ4v) is 3.10. The molecule has 0 aromatic heterocycles. The lowest BCUT2D eigenvalue weighted by Gasteiger charge is -2.16. The molecule has 0 aliphatic carbocycles. The van der Waals surface area contributed by atoms with E-state index in [1.54, 1.807) is 24.3 Å². The normalized spacial score (nSPS) is 21.3. The van der Waals surface area contributed by atoms with E-state index >= 15 is 0 Å². The van der Waals surface area contributed by atoms with Gasteiger partial charge in [-0.3, -0.25) is 0 Å². The Hall–Kier alpha value is -1.36. The van der Waals surface area contributed by atoms with Crippen LogP contribution in [0.4, 0.5) is 0 Å². The van der Waals surface area contributed by atoms with Gasteiger partial charge in [-0.05, 0) is 31.4 Å². The minimum absolute atomic E-state index is 0.170. The van der Waals surface area contributed by atoms with Crippen LogP contribution in [0.25, 0.3) is 0 Å². The van der Waals surface area contributed by atoms with E-state index in [0.717, 1.165) is 44.9 Å². The Bertz CT molecular complexity index is 530. The van der Waals surface area contributed by atoms with E-state index in [0.29, 0.717) is 11.9 Å². The molecule has 126 valence electrons. The van der Waals surface area contributed by atoms with E-state index < -0.39 is 11.9 Å². The molecule has 0 saturated heterocycles. The molecule has 0 fully saturated rings. The van der Waals surface area contributed by atoms with Crippen molar-refractivity contribution < 1.29 is 19.1 Å². The fraction of sp³-hybridized carbons (Fsp3) is 0.556. The molecule has 1 heterocycles. The van der Waals surface area contributed by atoms with Crippen LogP contribution in [-0.4, -0.2) is 30.0 Å². The molecule has 0 spiro atoms. The van der Waals surface area contributed by atoms with Crippen LogP contribution in [0.3, 0.4) is 0 Å². The van der Waals surface area contributed by atoms with E-state index in [2.05, 4.69) is 15.9 Å². The van der Waals surface area contributed by atoms with E-state index in [1.165, 1.54) is 0 Å². The third-order valence-electron chi connectivity index (χ3n) is 3.97. The molecule has 1 atom stereocenters. The molecular formula is C18H23BrO4. The Balaban J connectivity index is 2.17. The van der Waals surface area contributed by atoms with Crippen molar-refractivity contribution in [3.05, 3.63) is 35.4 Å². The van der Waals surface area contributed by atoms with E-state index in [1.807, 2.05) is 0 Å². The van der Waals surface area contributed by atoms with Gasteiger partial charge in [0.05, 0.1) is 17.7 Å². The van der Waals surface area contributed by atoms with Crippen molar-refractivity contribution in [2.24, 2.45) is 0 Å². The first kappa shape index (κ1) is 18.0. The first-order valence-corrected chi connectivity index (χ1v) is 9.37. The second kappa shape index (κ2) is 9.71. The number of rotatable bonds is 1. The Morgan fingerprint density at radius 2 is 1.52 bits per heavy atom. The van der Waals surface area contributed by atoms with Crippen LogP contribution in [-0.2, 0) is 9.47 Å². The van der Waals surface area contributed by atoms with Crippen molar-refractivity contribution in [3.63, 3.8) is 0 Å². The third kappa shape index (κ3) is 5.65. The quantitative estimate of drug-likeness (QED) is 0.529. The third-order valence-corrected chi connectivity index (χ3v) is 4.69. The summed E-state index contributed by atoms with van der Waals surface area (Å²) in [6.07, 6.45) is 7.08. The molecule has 0 saturated carbocycles. The van der Waals surface area contributed by atoms with Crippen LogP contribution in [0.5, 0.6) is 0 Å². The summed E-state index contributed by atoms with van der Waals surface area (Å²) in [4.78, 5) is 24.6. The zero-order valence-electron chi connectivity index (χ0n) is 13.3. The van der Waals surface area contributed by atoms with Crippen molar-refractivity contribution in [1.29, 1.82) is 0 Å². The minimum Gasteiger partial charge on any atom is -0.462 e. The number of esters is 2. The second-order valence-corrected chi connectivity index (χ2v) is 6.42. The number of halogens is 1. The molecule has 0 bridgehead atoms. The molecule has 4 nitrogen and oxygen atoms in total. The first-order valence-electron chi connectivity index (χ1n) is 8.25. The number of hydrogen-bond donors (Lipinski definition) is 0. The number of ether oxygens (including phenoxy) is 2. The number of fused-ring (bicyclic) bond motifs is 1. The van der Waals surface area contributed by atoms with E-state index in [-0.39, 0.29) is 17.2 Å². The van der Waals surface area contributed by atoms with Gasteiger partial charge in [0.25, 0.3) is 0 Å². The summed E-state index contributed by atoms with van der Waals surface area (Å²) in [6.45, 7) is 0.395. The average molecular weight is 383 g/mol. The number of carbonyl (C=O) groups is 2. The van der Waals surface area contributed by atoms with E-state index in [4.69, 9.17) is 9.47 Å². The molecule has 1 aromatic carbocycles. The van der Waals surface area contributed by atoms with E-state index in [9.17, 15) is 9.59 Å². The minimum atomic E-state index is -0.461. The van der Waals surface area contributed by atoms with Gasteiger partial charge in [0.15, 0.2) is 0 Å². The summed E-state index contributed by atoms with van der Waals surface area (Å²) < 4.78 is 10.8. The van der Waals surface area contributed by atoms with Crippen molar-refractivity contribution in [1.82, 2.24) is 0 Å². The fourth-order valence-electron chi connectivity index (χ4n) is 2.65. The summed E-state index contributed by atoms with van der Waals surface area (Å²) in [5.74, 6) is -0.917. The van der Waals surface area contributed by atoms with Crippen molar-refractivity contribution in [3.8, 4) is 0 Å². The number of carbonyl (C=O) groups excluding carboxylic acids is 2. The number of benzene rings is 1. The molecule has 2 rings (SSSR count). The predicted molar refractivity (Wildman–Crippen MR) is 92.0 cm³/mol. The summed E-state index contributed by atoms with van der Waals surface area (Å²) in [5, 5.41) is 0.603. The molecule has 1 unspecified atom stereocenters. The van der Waals surface area contributed by atoms with Crippen molar-refractivity contribution >= 4 is 27.9 Å². The topological polar surface area (TPSA) is 52.6 Å². The molecule has 5 heteroatoms. The van der Waals surface area contributed by atoms with Gasteiger partial charge in [0, 0.05) is 5.33 Å². The molecule has 1 aromatic rings. The summed E-state index contributed by atoms with van der Waals surface area (Å²) in [6, 6.07) is 6.68. The predicted octanol–water partition coefficient (Wildman–Crippen LogP) is 4.51. The largest absolute Gasteiger partial charge is 0.462 e. The highest BCUT2D eigenvalue weighted by Gasteiger charge is 2.21. The first-order chi connectivity index (χ1) is 11.2. The highest BCUT2D eigenvalue weighted by atomic mass is 79.9. The van der Waals surface area contributed by atoms with Crippen molar-refractivity contribution in [2.45, 2.75) is 51.0 Å². The van der Waals surface area contributed by atoms with Crippen LogP contribution >= 0.6 is 15.9 Å². The Labute approximate surface area is 145 Å². The zero-order valence-corrected chi connectivity index (χ0v) is 14.8. The number of hydrogen-bond acceptors (Lipinski definition) is 4. The maximum absolute atomic E-state index is 12.4. The lowest BCUT2D eigenvalue weighted by molar-refractivity contribution is 0.0320. The lowest BCUT2D eigenvalue weighted by atomic mass is 10.1. The van der Waals surface area contributed by atoms with Crippen LogP contribution < -0.4 is 0 Å². The van der Waals surface area contributed by atoms with Gasteiger partial charge in [0.2, 0.25) is 0 Å². The van der Waals surface area contributed by atoms with Gasteiger partial charge in [-0.25, -0.2) is 9.59 Å². The van der Waals surface area contributed by atoms with Crippen LogP contribution in [0, 0.1) is 0 Å². The smallest absolute Gasteiger partial charge is 0.339 e. The molecule has 0 N–H and O–H groups in total. The van der Waals surface area contributed by atoms with Gasteiger partial charge >= 0.3 is 11.9 Å².